The summed E-state index contributed by atoms with van der Waals surface area (Å²) >= 11 is 6.02. The second-order valence-corrected chi connectivity index (χ2v) is 5.49. The molecule has 1 atom stereocenters. The molecule has 1 aromatic heterocycles. The molecule has 2 N–H and O–H groups in total. The lowest BCUT2D eigenvalue weighted by Crippen LogP contribution is -2.33. The third kappa shape index (κ3) is 3.28. The van der Waals surface area contributed by atoms with Gasteiger partial charge in [0.25, 0.3) is 5.56 Å². The zero-order valence-electron chi connectivity index (χ0n) is 11.1. The fraction of sp³-hybridized carbons (Fsp3) is 0.692. The van der Waals surface area contributed by atoms with Gasteiger partial charge in [0.1, 0.15) is 5.69 Å². The maximum absolute atomic E-state index is 12.3. The molecule has 0 amide bonds. The number of aromatic nitrogens is 2. The predicted octanol–water partition coefficient (Wildman–Crippen LogP) is 1.88. The van der Waals surface area contributed by atoms with Gasteiger partial charge in [-0.3, -0.25) is 4.79 Å². The molecule has 1 unspecified atom stereocenters. The van der Waals surface area contributed by atoms with Crippen LogP contribution in [0.15, 0.2) is 11.0 Å². The van der Waals surface area contributed by atoms with Crippen molar-refractivity contribution in [2.45, 2.75) is 45.2 Å². The van der Waals surface area contributed by atoms with Crippen molar-refractivity contribution in [3.8, 4) is 0 Å². The summed E-state index contributed by atoms with van der Waals surface area (Å²) < 4.78 is 1.47. The van der Waals surface area contributed by atoms with E-state index in [9.17, 15) is 9.90 Å². The van der Waals surface area contributed by atoms with Crippen LogP contribution < -0.4 is 10.9 Å². The van der Waals surface area contributed by atoms with Crippen molar-refractivity contribution in [2.75, 3.05) is 11.9 Å². The van der Waals surface area contributed by atoms with Gasteiger partial charge in [0, 0.05) is 12.6 Å². The van der Waals surface area contributed by atoms with Gasteiger partial charge in [-0.2, -0.15) is 5.10 Å². The first-order valence-corrected chi connectivity index (χ1v) is 7.16. The molecule has 0 bridgehead atoms. The minimum atomic E-state index is -0.202. The van der Waals surface area contributed by atoms with E-state index in [4.69, 9.17) is 11.6 Å². The zero-order valence-corrected chi connectivity index (χ0v) is 11.9. The summed E-state index contributed by atoms with van der Waals surface area (Å²) in [6, 6.07) is -0.162. The van der Waals surface area contributed by atoms with Crippen LogP contribution in [-0.2, 0) is 6.54 Å². The minimum absolute atomic E-state index is 0.0305. The first kappa shape index (κ1) is 14.3. The molecule has 1 heterocycles. The summed E-state index contributed by atoms with van der Waals surface area (Å²) in [6.07, 6.45) is 5.77. The van der Waals surface area contributed by atoms with Crippen molar-refractivity contribution in [3.63, 3.8) is 0 Å². The van der Waals surface area contributed by atoms with Crippen molar-refractivity contribution in [3.05, 3.63) is 21.6 Å². The quantitative estimate of drug-likeness (QED) is 0.837. The van der Waals surface area contributed by atoms with Crippen molar-refractivity contribution in [1.29, 1.82) is 0 Å². The molecule has 1 aliphatic carbocycles. The number of aliphatic hydroxyl groups is 1. The average Bonchev–Trinajstić information content (AvgIpc) is 2.36. The number of hydrogen-bond acceptors (Lipinski definition) is 4. The van der Waals surface area contributed by atoms with E-state index in [1.165, 1.54) is 17.3 Å². The van der Waals surface area contributed by atoms with Crippen LogP contribution in [-0.4, -0.2) is 27.5 Å². The van der Waals surface area contributed by atoms with E-state index in [1.807, 2.05) is 6.92 Å². The van der Waals surface area contributed by atoms with Crippen LogP contribution in [0.25, 0.3) is 0 Å². The van der Waals surface area contributed by atoms with E-state index in [-0.39, 0.29) is 18.2 Å². The highest BCUT2D eigenvalue weighted by Crippen LogP contribution is 2.27. The molecule has 0 spiro atoms. The fourth-order valence-corrected chi connectivity index (χ4v) is 2.31. The normalized spacial score (nSPS) is 17.0. The van der Waals surface area contributed by atoms with Gasteiger partial charge in [-0.1, -0.05) is 24.9 Å². The van der Waals surface area contributed by atoms with E-state index in [0.717, 1.165) is 19.3 Å². The van der Waals surface area contributed by atoms with E-state index in [2.05, 4.69) is 10.4 Å². The molecule has 0 aromatic carbocycles. The Morgan fingerprint density at radius 3 is 2.89 bits per heavy atom. The van der Waals surface area contributed by atoms with Gasteiger partial charge < -0.3 is 10.4 Å². The van der Waals surface area contributed by atoms with Crippen LogP contribution in [0.2, 0.25) is 5.02 Å². The van der Waals surface area contributed by atoms with Crippen molar-refractivity contribution in [2.24, 2.45) is 5.92 Å². The zero-order chi connectivity index (χ0) is 13.8. The molecule has 1 aromatic rings. The Kier molecular flexibility index (Phi) is 4.82. The Bertz CT molecular complexity index is 481. The van der Waals surface area contributed by atoms with Crippen molar-refractivity contribution < 1.29 is 5.11 Å². The molecule has 1 aliphatic rings. The molecule has 0 saturated heterocycles. The molecule has 1 fully saturated rings. The van der Waals surface area contributed by atoms with E-state index in [0.29, 0.717) is 23.2 Å². The summed E-state index contributed by atoms with van der Waals surface area (Å²) in [4.78, 5) is 12.3. The molecule has 5 nitrogen and oxygen atoms in total. The topological polar surface area (TPSA) is 67.2 Å². The van der Waals surface area contributed by atoms with Crippen molar-refractivity contribution >= 4 is 17.3 Å². The number of rotatable bonds is 6. The van der Waals surface area contributed by atoms with Gasteiger partial charge in [0.05, 0.1) is 17.8 Å². The third-order valence-electron chi connectivity index (χ3n) is 3.72. The van der Waals surface area contributed by atoms with Gasteiger partial charge >= 0.3 is 0 Å². The van der Waals surface area contributed by atoms with Crippen LogP contribution in [0.5, 0.6) is 0 Å². The lowest BCUT2D eigenvalue weighted by atomic mass is 9.85. The Labute approximate surface area is 117 Å². The Morgan fingerprint density at radius 1 is 1.63 bits per heavy atom. The van der Waals surface area contributed by atoms with Gasteiger partial charge in [-0.25, -0.2) is 4.68 Å². The Morgan fingerprint density at radius 2 is 2.37 bits per heavy atom. The molecule has 0 radical (unpaired) electrons. The largest absolute Gasteiger partial charge is 0.394 e. The van der Waals surface area contributed by atoms with E-state index >= 15 is 0 Å². The van der Waals surface area contributed by atoms with Gasteiger partial charge in [-0.05, 0) is 25.2 Å². The van der Waals surface area contributed by atoms with Gasteiger partial charge in [0.2, 0.25) is 0 Å². The number of hydrogen-bond donors (Lipinski definition) is 2. The highest BCUT2D eigenvalue weighted by atomic mass is 35.5. The first-order chi connectivity index (χ1) is 9.15. The summed E-state index contributed by atoms with van der Waals surface area (Å²) in [7, 11) is 0. The second-order valence-electron chi connectivity index (χ2n) is 5.08. The average molecular weight is 286 g/mol. The van der Waals surface area contributed by atoms with E-state index < -0.39 is 0 Å². The maximum Gasteiger partial charge on any atom is 0.291 e. The Hall–Kier alpha value is -1.07. The van der Waals surface area contributed by atoms with Crippen LogP contribution in [0.4, 0.5) is 5.69 Å². The van der Waals surface area contributed by atoms with E-state index in [1.54, 1.807) is 0 Å². The molecular weight excluding hydrogens is 266 g/mol. The van der Waals surface area contributed by atoms with Crippen LogP contribution in [0.1, 0.15) is 32.6 Å². The SMILES string of the molecule is CCC(CO)Nc1c(Cl)cnn(CC2CCC2)c1=O. The van der Waals surface area contributed by atoms with Crippen molar-refractivity contribution in [1.82, 2.24) is 9.78 Å². The smallest absolute Gasteiger partial charge is 0.291 e. The summed E-state index contributed by atoms with van der Waals surface area (Å²) in [6.45, 7) is 2.56. The van der Waals surface area contributed by atoms with Crippen LogP contribution in [0.3, 0.4) is 0 Å². The molecule has 6 heteroatoms. The van der Waals surface area contributed by atoms with Crippen LogP contribution >= 0.6 is 11.6 Å². The number of halogens is 1. The monoisotopic (exact) mass is 285 g/mol. The Balaban J connectivity index is 2.20. The molecule has 2 rings (SSSR count). The minimum Gasteiger partial charge on any atom is -0.394 e. The summed E-state index contributed by atoms with van der Waals surface area (Å²) in [5.74, 6) is 0.555. The van der Waals surface area contributed by atoms with Gasteiger partial charge in [-0.15, -0.1) is 0 Å². The van der Waals surface area contributed by atoms with Gasteiger partial charge in [0.15, 0.2) is 0 Å². The highest BCUT2D eigenvalue weighted by Gasteiger charge is 2.20. The molecule has 0 aliphatic heterocycles. The number of anilines is 1. The number of nitrogens with one attached hydrogen (secondary N) is 1. The molecule has 106 valence electrons. The highest BCUT2D eigenvalue weighted by molar-refractivity contribution is 6.33. The second kappa shape index (κ2) is 6.39. The third-order valence-corrected chi connectivity index (χ3v) is 4.00. The molecular formula is C13H20ClN3O2. The fourth-order valence-electron chi connectivity index (χ4n) is 2.13. The molecule has 1 saturated carbocycles. The lowest BCUT2D eigenvalue weighted by Gasteiger charge is -2.25. The van der Waals surface area contributed by atoms with Crippen LogP contribution in [0, 0.1) is 5.92 Å². The maximum atomic E-state index is 12.3. The first-order valence-electron chi connectivity index (χ1n) is 6.78. The number of aliphatic hydroxyl groups excluding tert-OH is 1. The standard InChI is InChI=1S/C13H20ClN3O2/c1-2-10(8-18)16-12-11(14)6-15-17(13(12)19)7-9-4-3-5-9/h6,9-10,16,18H,2-5,7-8H2,1H3. The number of nitrogens with zero attached hydrogens (tertiary/aromatic N) is 2. The molecule has 19 heavy (non-hydrogen) atoms. The lowest BCUT2D eigenvalue weighted by molar-refractivity contribution is 0.261. The summed E-state index contributed by atoms with van der Waals surface area (Å²) in [5, 5.41) is 16.6. The predicted molar refractivity (Wildman–Crippen MR) is 75.6 cm³/mol. The summed E-state index contributed by atoms with van der Waals surface area (Å²) in [5.41, 5.74) is 0.142.